The number of benzene rings is 1. The van der Waals surface area contributed by atoms with E-state index in [0.717, 1.165) is 13.0 Å². The Morgan fingerprint density at radius 1 is 1.38 bits per heavy atom. The SMILES string of the molecule is O=C1CC[C@H]2[C@H](CO)c3ccccc3CN12. The summed E-state index contributed by atoms with van der Waals surface area (Å²) < 4.78 is 0. The van der Waals surface area contributed by atoms with Crippen LogP contribution in [-0.2, 0) is 11.3 Å². The molecule has 3 rings (SSSR count). The fourth-order valence-electron chi connectivity index (χ4n) is 3.03. The molecule has 3 heteroatoms. The molecule has 2 aliphatic heterocycles. The molecule has 1 aromatic carbocycles. The first-order chi connectivity index (χ1) is 7.81. The van der Waals surface area contributed by atoms with Crippen LogP contribution in [0.1, 0.15) is 29.9 Å². The van der Waals surface area contributed by atoms with Crippen molar-refractivity contribution in [3.05, 3.63) is 35.4 Å². The molecule has 0 unspecified atom stereocenters. The van der Waals surface area contributed by atoms with E-state index in [4.69, 9.17) is 0 Å². The van der Waals surface area contributed by atoms with Crippen LogP contribution in [0.4, 0.5) is 0 Å². The van der Waals surface area contributed by atoms with Crippen molar-refractivity contribution in [1.82, 2.24) is 4.90 Å². The normalized spacial score (nSPS) is 27.8. The molecule has 0 saturated carbocycles. The molecular weight excluding hydrogens is 202 g/mol. The summed E-state index contributed by atoms with van der Waals surface area (Å²) in [6, 6.07) is 8.35. The largest absolute Gasteiger partial charge is 0.396 e. The fraction of sp³-hybridized carbons (Fsp3) is 0.462. The van der Waals surface area contributed by atoms with Crippen molar-refractivity contribution in [3.63, 3.8) is 0 Å². The number of aliphatic hydroxyl groups is 1. The maximum absolute atomic E-state index is 11.7. The van der Waals surface area contributed by atoms with Gasteiger partial charge in [0.1, 0.15) is 0 Å². The van der Waals surface area contributed by atoms with Crippen LogP contribution in [0.2, 0.25) is 0 Å². The minimum atomic E-state index is 0.108. The van der Waals surface area contributed by atoms with E-state index in [2.05, 4.69) is 12.1 Å². The average Bonchev–Trinajstić information content (AvgIpc) is 2.68. The first-order valence-electron chi connectivity index (χ1n) is 5.79. The van der Waals surface area contributed by atoms with Gasteiger partial charge in [0, 0.05) is 24.9 Å². The Hall–Kier alpha value is -1.35. The summed E-state index contributed by atoms with van der Waals surface area (Å²) in [6.45, 7) is 0.849. The predicted octanol–water partition coefficient (Wildman–Crippen LogP) is 1.27. The van der Waals surface area contributed by atoms with Crippen molar-refractivity contribution in [2.24, 2.45) is 0 Å². The molecule has 0 spiro atoms. The molecule has 2 aliphatic rings. The molecule has 1 aromatic rings. The topological polar surface area (TPSA) is 40.5 Å². The van der Waals surface area contributed by atoms with Crippen molar-refractivity contribution < 1.29 is 9.90 Å². The lowest BCUT2D eigenvalue weighted by molar-refractivity contribution is -0.130. The molecular formula is C13H15NO2. The van der Waals surface area contributed by atoms with Crippen molar-refractivity contribution in [2.75, 3.05) is 6.61 Å². The molecule has 1 amide bonds. The summed E-state index contributed by atoms with van der Waals surface area (Å²) in [4.78, 5) is 13.7. The van der Waals surface area contributed by atoms with Crippen LogP contribution in [0.5, 0.6) is 0 Å². The van der Waals surface area contributed by atoms with Gasteiger partial charge in [-0.2, -0.15) is 0 Å². The number of amides is 1. The van der Waals surface area contributed by atoms with Gasteiger partial charge in [-0.1, -0.05) is 24.3 Å². The van der Waals surface area contributed by atoms with Gasteiger partial charge in [-0.15, -0.1) is 0 Å². The highest BCUT2D eigenvalue weighted by atomic mass is 16.3. The lowest BCUT2D eigenvalue weighted by Gasteiger charge is -2.37. The molecule has 2 heterocycles. The Morgan fingerprint density at radius 2 is 2.19 bits per heavy atom. The molecule has 84 valence electrons. The summed E-state index contributed by atoms with van der Waals surface area (Å²) in [5, 5.41) is 9.53. The number of rotatable bonds is 1. The zero-order valence-corrected chi connectivity index (χ0v) is 9.10. The third-order valence-electron chi connectivity index (χ3n) is 3.83. The summed E-state index contributed by atoms with van der Waals surface area (Å²) >= 11 is 0. The van der Waals surface area contributed by atoms with Crippen molar-refractivity contribution >= 4 is 5.91 Å². The predicted molar refractivity (Wildman–Crippen MR) is 59.8 cm³/mol. The van der Waals surface area contributed by atoms with Crippen molar-refractivity contribution in [3.8, 4) is 0 Å². The van der Waals surface area contributed by atoms with Gasteiger partial charge in [-0.25, -0.2) is 0 Å². The van der Waals surface area contributed by atoms with Gasteiger partial charge < -0.3 is 10.0 Å². The van der Waals surface area contributed by atoms with Gasteiger partial charge in [0.05, 0.1) is 6.61 Å². The monoisotopic (exact) mass is 217 g/mol. The summed E-state index contributed by atoms with van der Waals surface area (Å²) in [5.41, 5.74) is 2.41. The zero-order valence-electron chi connectivity index (χ0n) is 9.10. The number of hydrogen-bond acceptors (Lipinski definition) is 2. The molecule has 16 heavy (non-hydrogen) atoms. The van der Waals surface area contributed by atoms with Gasteiger partial charge >= 0.3 is 0 Å². The number of hydrogen-bond donors (Lipinski definition) is 1. The molecule has 0 aliphatic carbocycles. The van der Waals surface area contributed by atoms with E-state index in [1.165, 1.54) is 11.1 Å². The first kappa shape index (κ1) is 9.85. The second kappa shape index (κ2) is 3.59. The molecule has 0 aromatic heterocycles. The lowest BCUT2D eigenvalue weighted by Crippen LogP contribution is -2.42. The van der Waals surface area contributed by atoms with Gasteiger partial charge in [0.25, 0.3) is 0 Å². The van der Waals surface area contributed by atoms with Crippen LogP contribution in [0.15, 0.2) is 24.3 Å². The highest BCUT2D eigenvalue weighted by molar-refractivity contribution is 5.79. The molecule has 1 fully saturated rings. The number of aliphatic hydroxyl groups excluding tert-OH is 1. The third-order valence-corrected chi connectivity index (χ3v) is 3.83. The molecule has 0 bridgehead atoms. The number of carbonyl (C=O) groups is 1. The van der Waals surface area contributed by atoms with E-state index in [-0.39, 0.29) is 24.5 Å². The lowest BCUT2D eigenvalue weighted by atomic mass is 9.84. The van der Waals surface area contributed by atoms with E-state index in [0.29, 0.717) is 6.42 Å². The maximum Gasteiger partial charge on any atom is 0.223 e. The fourth-order valence-corrected chi connectivity index (χ4v) is 3.03. The number of fused-ring (bicyclic) bond motifs is 2. The minimum absolute atomic E-state index is 0.108. The first-order valence-corrected chi connectivity index (χ1v) is 5.79. The summed E-state index contributed by atoms with van der Waals surface area (Å²) in [5.74, 6) is 0.342. The van der Waals surface area contributed by atoms with Crippen LogP contribution in [-0.4, -0.2) is 28.6 Å². The van der Waals surface area contributed by atoms with Crippen molar-refractivity contribution in [2.45, 2.75) is 31.3 Å². The smallest absolute Gasteiger partial charge is 0.223 e. The highest BCUT2D eigenvalue weighted by Crippen LogP contribution is 2.38. The van der Waals surface area contributed by atoms with Crippen LogP contribution in [0.25, 0.3) is 0 Å². The third kappa shape index (κ3) is 1.28. The Bertz CT molecular complexity index is 430. The Labute approximate surface area is 94.7 Å². The molecule has 1 N–H and O–H groups in total. The van der Waals surface area contributed by atoms with E-state index in [9.17, 15) is 9.90 Å². The number of carbonyl (C=O) groups excluding carboxylic acids is 1. The van der Waals surface area contributed by atoms with Crippen LogP contribution < -0.4 is 0 Å². The van der Waals surface area contributed by atoms with Crippen LogP contribution in [0, 0.1) is 0 Å². The standard InChI is InChI=1S/C13H15NO2/c15-8-11-10-4-2-1-3-9(10)7-14-12(11)5-6-13(14)16/h1-4,11-12,15H,5-8H2/t11-,12+/m1/s1. The van der Waals surface area contributed by atoms with Gasteiger partial charge in [0.2, 0.25) is 5.91 Å². The quantitative estimate of drug-likeness (QED) is 0.769. The minimum Gasteiger partial charge on any atom is -0.396 e. The maximum atomic E-state index is 11.7. The van der Waals surface area contributed by atoms with E-state index in [1.54, 1.807) is 0 Å². The Morgan fingerprint density at radius 3 is 3.00 bits per heavy atom. The zero-order chi connectivity index (χ0) is 11.1. The van der Waals surface area contributed by atoms with Crippen LogP contribution in [0.3, 0.4) is 0 Å². The molecule has 1 saturated heterocycles. The highest BCUT2D eigenvalue weighted by Gasteiger charge is 2.40. The van der Waals surface area contributed by atoms with E-state index < -0.39 is 0 Å². The second-order valence-electron chi connectivity index (χ2n) is 4.62. The summed E-state index contributed by atoms with van der Waals surface area (Å²) in [6.07, 6.45) is 1.52. The number of nitrogens with zero attached hydrogens (tertiary/aromatic N) is 1. The van der Waals surface area contributed by atoms with E-state index >= 15 is 0 Å². The molecule has 3 nitrogen and oxygen atoms in total. The summed E-state index contributed by atoms with van der Waals surface area (Å²) in [7, 11) is 0. The van der Waals surface area contributed by atoms with Gasteiger partial charge in [-0.05, 0) is 17.5 Å². The van der Waals surface area contributed by atoms with Crippen LogP contribution >= 0.6 is 0 Å². The van der Waals surface area contributed by atoms with Gasteiger partial charge in [0.15, 0.2) is 0 Å². The van der Waals surface area contributed by atoms with E-state index in [1.807, 2.05) is 17.0 Å². The second-order valence-corrected chi connectivity index (χ2v) is 4.62. The Kier molecular flexibility index (Phi) is 2.21. The Balaban J connectivity index is 2.06. The average molecular weight is 217 g/mol. The molecule has 0 radical (unpaired) electrons. The van der Waals surface area contributed by atoms with Gasteiger partial charge in [-0.3, -0.25) is 4.79 Å². The molecule has 2 atom stereocenters. The van der Waals surface area contributed by atoms with Crippen molar-refractivity contribution in [1.29, 1.82) is 0 Å².